The van der Waals surface area contributed by atoms with Gasteiger partial charge in [0.15, 0.2) is 0 Å². The van der Waals surface area contributed by atoms with E-state index in [4.69, 9.17) is 4.74 Å². The number of methoxy groups -OCH3 is 1. The smallest absolute Gasteiger partial charge is 0.0724 e. The number of ether oxygens (including phenoxy) is 1. The molecule has 16 heavy (non-hydrogen) atoms. The Labute approximate surface area is 107 Å². The first kappa shape index (κ1) is 13.7. The van der Waals surface area contributed by atoms with E-state index in [0.29, 0.717) is 6.61 Å². The van der Waals surface area contributed by atoms with Gasteiger partial charge in [-0.05, 0) is 38.0 Å². The van der Waals surface area contributed by atoms with Crippen LogP contribution in [0.2, 0.25) is 0 Å². The molecule has 0 fully saturated rings. The highest BCUT2D eigenvalue weighted by molar-refractivity contribution is 9.10. The van der Waals surface area contributed by atoms with Crippen molar-refractivity contribution in [2.75, 3.05) is 7.11 Å². The molecule has 1 N–H and O–H groups in total. The van der Waals surface area contributed by atoms with Crippen molar-refractivity contribution in [3.05, 3.63) is 33.8 Å². The van der Waals surface area contributed by atoms with Crippen LogP contribution in [-0.2, 0) is 17.9 Å². The molecule has 0 atom stereocenters. The van der Waals surface area contributed by atoms with Crippen molar-refractivity contribution in [1.82, 2.24) is 5.32 Å². The quantitative estimate of drug-likeness (QED) is 0.915. The SMILES string of the molecule is COCc1ccc(CNC(C)(C)C)cc1Br. The molecular weight excluding hydrogens is 266 g/mol. The summed E-state index contributed by atoms with van der Waals surface area (Å²) >= 11 is 3.56. The minimum Gasteiger partial charge on any atom is -0.380 e. The molecule has 0 saturated heterocycles. The number of hydrogen-bond donors (Lipinski definition) is 1. The van der Waals surface area contributed by atoms with Crippen LogP contribution in [0.15, 0.2) is 22.7 Å². The fraction of sp³-hybridized carbons (Fsp3) is 0.538. The van der Waals surface area contributed by atoms with Gasteiger partial charge in [0.05, 0.1) is 6.61 Å². The van der Waals surface area contributed by atoms with E-state index in [9.17, 15) is 0 Å². The Balaban J connectivity index is 2.66. The Morgan fingerprint density at radius 2 is 2.00 bits per heavy atom. The molecular formula is C13H20BrNO. The molecule has 0 aromatic heterocycles. The first-order valence-corrected chi connectivity index (χ1v) is 6.23. The molecule has 0 spiro atoms. The second kappa shape index (κ2) is 5.80. The van der Waals surface area contributed by atoms with Gasteiger partial charge in [-0.25, -0.2) is 0 Å². The maximum absolute atomic E-state index is 5.12. The molecule has 0 aliphatic carbocycles. The predicted molar refractivity (Wildman–Crippen MR) is 71.4 cm³/mol. The summed E-state index contributed by atoms with van der Waals surface area (Å²) in [7, 11) is 1.71. The van der Waals surface area contributed by atoms with Crippen molar-refractivity contribution in [3.63, 3.8) is 0 Å². The van der Waals surface area contributed by atoms with Crippen LogP contribution in [0.1, 0.15) is 31.9 Å². The van der Waals surface area contributed by atoms with E-state index in [1.165, 1.54) is 11.1 Å². The number of hydrogen-bond acceptors (Lipinski definition) is 2. The molecule has 0 aliphatic heterocycles. The van der Waals surface area contributed by atoms with Gasteiger partial charge in [-0.3, -0.25) is 0 Å². The summed E-state index contributed by atoms with van der Waals surface area (Å²) in [5.74, 6) is 0. The van der Waals surface area contributed by atoms with E-state index < -0.39 is 0 Å². The molecule has 0 bridgehead atoms. The maximum atomic E-state index is 5.12. The lowest BCUT2D eigenvalue weighted by atomic mass is 10.1. The highest BCUT2D eigenvalue weighted by Gasteiger charge is 2.09. The number of nitrogens with one attached hydrogen (secondary N) is 1. The van der Waals surface area contributed by atoms with Crippen LogP contribution < -0.4 is 5.32 Å². The van der Waals surface area contributed by atoms with Gasteiger partial charge in [0.2, 0.25) is 0 Å². The van der Waals surface area contributed by atoms with Crippen LogP contribution in [0.25, 0.3) is 0 Å². The average molecular weight is 286 g/mol. The lowest BCUT2D eigenvalue weighted by Crippen LogP contribution is -2.35. The highest BCUT2D eigenvalue weighted by atomic mass is 79.9. The molecule has 3 heteroatoms. The summed E-state index contributed by atoms with van der Waals surface area (Å²) in [6.45, 7) is 8.03. The maximum Gasteiger partial charge on any atom is 0.0724 e. The monoisotopic (exact) mass is 285 g/mol. The molecule has 1 aromatic rings. The Bertz CT molecular complexity index is 344. The third-order valence-corrected chi connectivity index (χ3v) is 2.98. The van der Waals surface area contributed by atoms with Crippen LogP contribution in [0.4, 0.5) is 0 Å². The topological polar surface area (TPSA) is 21.3 Å². The van der Waals surface area contributed by atoms with Crippen LogP contribution in [0, 0.1) is 0 Å². The fourth-order valence-electron chi connectivity index (χ4n) is 1.34. The van der Waals surface area contributed by atoms with Gasteiger partial charge in [-0.1, -0.05) is 28.1 Å². The van der Waals surface area contributed by atoms with Crippen molar-refractivity contribution in [1.29, 1.82) is 0 Å². The largest absolute Gasteiger partial charge is 0.380 e. The summed E-state index contributed by atoms with van der Waals surface area (Å²) < 4.78 is 6.23. The first-order valence-electron chi connectivity index (χ1n) is 5.43. The second-order valence-corrected chi connectivity index (χ2v) is 5.82. The molecule has 0 heterocycles. The summed E-state index contributed by atoms with van der Waals surface area (Å²) in [4.78, 5) is 0. The van der Waals surface area contributed by atoms with Gasteiger partial charge in [-0.2, -0.15) is 0 Å². The van der Waals surface area contributed by atoms with Gasteiger partial charge in [0.1, 0.15) is 0 Å². The zero-order valence-corrected chi connectivity index (χ0v) is 12.0. The van der Waals surface area contributed by atoms with E-state index in [1.54, 1.807) is 7.11 Å². The van der Waals surface area contributed by atoms with Crippen LogP contribution >= 0.6 is 15.9 Å². The van der Waals surface area contributed by atoms with Gasteiger partial charge in [0, 0.05) is 23.7 Å². The minimum absolute atomic E-state index is 0.150. The van der Waals surface area contributed by atoms with Crippen molar-refractivity contribution < 1.29 is 4.74 Å². The minimum atomic E-state index is 0.150. The highest BCUT2D eigenvalue weighted by Crippen LogP contribution is 2.19. The van der Waals surface area contributed by atoms with Gasteiger partial charge in [-0.15, -0.1) is 0 Å². The van der Waals surface area contributed by atoms with Crippen molar-refractivity contribution in [3.8, 4) is 0 Å². The van der Waals surface area contributed by atoms with Gasteiger partial charge < -0.3 is 10.1 Å². The number of rotatable bonds is 4. The zero-order chi connectivity index (χ0) is 12.2. The van der Waals surface area contributed by atoms with Crippen LogP contribution in [-0.4, -0.2) is 12.6 Å². The van der Waals surface area contributed by atoms with E-state index in [-0.39, 0.29) is 5.54 Å². The molecule has 1 aromatic carbocycles. The summed E-state index contributed by atoms with van der Waals surface area (Å²) in [6.07, 6.45) is 0. The molecule has 90 valence electrons. The lowest BCUT2D eigenvalue weighted by Gasteiger charge is -2.20. The van der Waals surface area contributed by atoms with E-state index >= 15 is 0 Å². The lowest BCUT2D eigenvalue weighted by molar-refractivity contribution is 0.184. The summed E-state index contributed by atoms with van der Waals surface area (Å²) in [5, 5.41) is 3.46. The number of benzene rings is 1. The van der Waals surface area contributed by atoms with E-state index in [1.807, 2.05) is 0 Å². The normalized spacial score (nSPS) is 11.8. The molecule has 0 aliphatic rings. The average Bonchev–Trinajstić information content (AvgIpc) is 2.18. The molecule has 2 nitrogen and oxygen atoms in total. The van der Waals surface area contributed by atoms with Crippen LogP contribution in [0.3, 0.4) is 0 Å². The van der Waals surface area contributed by atoms with Gasteiger partial charge in [0.25, 0.3) is 0 Å². The first-order chi connectivity index (χ1) is 7.42. The Morgan fingerprint density at radius 1 is 1.31 bits per heavy atom. The third kappa shape index (κ3) is 4.64. The molecule has 0 saturated carbocycles. The summed E-state index contributed by atoms with van der Waals surface area (Å²) in [5.41, 5.74) is 2.61. The molecule has 1 rings (SSSR count). The predicted octanol–water partition coefficient (Wildman–Crippen LogP) is 3.48. The van der Waals surface area contributed by atoms with Crippen molar-refractivity contribution in [2.45, 2.75) is 39.5 Å². The van der Waals surface area contributed by atoms with E-state index in [2.05, 4.69) is 60.2 Å². The molecule has 0 radical (unpaired) electrons. The summed E-state index contributed by atoms with van der Waals surface area (Å²) in [6, 6.07) is 6.39. The van der Waals surface area contributed by atoms with Gasteiger partial charge >= 0.3 is 0 Å². The Hall–Kier alpha value is -0.380. The Kier molecular flexibility index (Phi) is 4.96. The molecule has 0 unspecified atom stereocenters. The molecule has 0 amide bonds. The standard InChI is InChI=1S/C13H20BrNO/c1-13(2,3)15-8-10-5-6-11(9-16-4)12(14)7-10/h5-7,15H,8-9H2,1-4H3. The van der Waals surface area contributed by atoms with Crippen LogP contribution in [0.5, 0.6) is 0 Å². The van der Waals surface area contributed by atoms with Crippen molar-refractivity contribution >= 4 is 15.9 Å². The third-order valence-electron chi connectivity index (χ3n) is 2.24. The fourth-order valence-corrected chi connectivity index (χ4v) is 1.88. The van der Waals surface area contributed by atoms with Crippen molar-refractivity contribution in [2.24, 2.45) is 0 Å². The second-order valence-electron chi connectivity index (χ2n) is 4.96. The van der Waals surface area contributed by atoms with E-state index in [0.717, 1.165) is 11.0 Å². The zero-order valence-electron chi connectivity index (χ0n) is 10.4. The number of halogens is 1. The Morgan fingerprint density at radius 3 is 2.50 bits per heavy atom.